The molecule has 15 heavy (non-hydrogen) atoms. The van der Waals surface area contributed by atoms with Gasteiger partial charge in [0.2, 0.25) is 0 Å². The highest BCUT2D eigenvalue weighted by Crippen LogP contribution is 2.11. The predicted molar refractivity (Wildman–Crippen MR) is 58.4 cm³/mol. The number of nitrogens with zero attached hydrogens (tertiary/aromatic N) is 2. The van der Waals surface area contributed by atoms with E-state index in [-0.39, 0.29) is 0 Å². The minimum atomic E-state index is 0.375. The summed E-state index contributed by atoms with van der Waals surface area (Å²) in [5, 5.41) is 4.02. The molecule has 0 aliphatic heterocycles. The summed E-state index contributed by atoms with van der Waals surface area (Å²) in [6, 6.07) is 7.88. The molecule has 1 aromatic carbocycles. The zero-order valence-corrected chi connectivity index (χ0v) is 8.55. The summed E-state index contributed by atoms with van der Waals surface area (Å²) in [6.45, 7) is 2.41. The topological polar surface area (TPSA) is 53.1 Å². The van der Waals surface area contributed by atoms with Crippen LogP contribution in [0.25, 0.3) is 0 Å². The van der Waals surface area contributed by atoms with E-state index in [9.17, 15) is 0 Å². The SMILES string of the molecule is Cc1ccc(OCn2cc(N)cn2)cc1. The van der Waals surface area contributed by atoms with Gasteiger partial charge in [-0.3, -0.25) is 0 Å². The molecule has 0 atom stereocenters. The van der Waals surface area contributed by atoms with Gasteiger partial charge in [0.15, 0.2) is 6.73 Å². The Hall–Kier alpha value is -1.97. The number of aromatic nitrogens is 2. The van der Waals surface area contributed by atoms with E-state index in [2.05, 4.69) is 5.10 Å². The second kappa shape index (κ2) is 4.04. The molecule has 2 rings (SSSR count). The fourth-order valence-corrected chi connectivity index (χ4v) is 1.23. The molecule has 0 radical (unpaired) electrons. The average Bonchev–Trinajstić information content (AvgIpc) is 2.64. The third kappa shape index (κ3) is 2.49. The summed E-state index contributed by atoms with van der Waals surface area (Å²) >= 11 is 0. The monoisotopic (exact) mass is 203 g/mol. The van der Waals surface area contributed by atoms with Crippen LogP contribution in [0.1, 0.15) is 5.56 Å². The van der Waals surface area contributed by atoms with E-state index in [1.807, 2.05) is 31.2 Å². The largest absolute Gasteiger partial charge is 0.471 e. The number of benzene rings is 1. The number of ether oxygens (including phenoxy) is 1. The molecule has 2 aromatic rings. The first kappa shape index (κ1) is 9.58. The summed E-state index contributed by atoms with van der Waals surface area (Å²) in [4.78, 5) is 0. The molecule has 0 saturated carbocycles. The minimum absolute atomic E-state index is 0.375. The molecule has 78 valence electrons. The van der Waals surface area contributed by atoms with Crippen molar-refractivity contribution in [3.8, 4) is 5.75 Å². The standard InChI is InChI=1S/C11H13N3O/c1-9-2-4-11(5-3-9)15-8-14-7-10(12)6-13-14/h2-7H,8,12H2,1H3. The maximum atomic E-state index is 5.53. The van der Waals surface area contributed by atoms with Crippen LogP contribution in [0.2, 0.25) is 0 Å². The zero-order chi connectivity index (χ0) is 10.7. The Morgan fingerprint density at radius 1 is 1.33 bits per heavy atom. The molecular formula is C11H13N3O. The van der Waals surface area contributed by atoms with Crippen molar-refractivity contribution < 1.29 is 4.74 Å². The Kier molecular flexibility index (Phi) is 2.58. The van der Waals surface area contributed by atoms with Gasteiger partial charge in [-0.25, -0.2) is 4.68 Å². The summed E-state index contributed by atoms with van der Waals surface area (Å²) in [7, 11) is 0. The fourth-order valence-electron chi connectivity index (χ4n) is 1.23. The fraction of sp³-hybridized carbons (Fsp3) is 0.182. The lowest BCUT2D eigenvalue weighted by Gasteiger charge is -2.05. The average molecular weight is 203 g/mol. The van der Waals surface area contributed by atoms with E-state index in [0.29, 0.717) is 12.4 Å². The number of nitrogens with two attached hydrogens (primary N) is 1. The molecule has 0 aliphatic carbocycles. The van der Waals surface area contributed by atoms with Crippen molar-refractivity contribution in [1.29, 1.82) is 0 Å². The van der Waals surface area contributed by atoms with Crippen LogP contribution in [0, 0.1) is 6.92 Å². The Bertz CT molecular complexity index is 433. The Labute approximate surface area is 88.3 Å². The number of aryl methyl sites for hydroxylation is 1. The second-order valence-electron chi connectivity index (χ2n) is 3.40. The number of anilines is 1. The maximum Gasteiger partial charge on any atom is 0.180 e. The van der Waals surface area contributed by atoms with Crippen molar-refractivity contribution >= 4 is 5.69 Å². The van der Waals surface area contributed by atoms with Crippen LogP contribution in [0.15, 0.2) is 36.7 Å². The van der Waals surface area contributed by atoms with Crippen LogP contribution in [0.5, 0.6) is 5.75 Å². The van der Waals surface area contributed by atoms with E-state index >= 15 is 0 Å². The summed E-state index contributed by atoms with van der Waals surface area (Å²) < 4.78 is 7.15. The van der Waals surface area contributed by atoms with Crippen molar-refractivity contribution in [2.75, 3.05) is 5.73 Å². The van der Waals surface area contributed by atoms with Gasteiger partial charge in [0.1, 0.15) is 5.75 Å². The van der Waals surface area contributed by atoms with Gasteiger partial charge in [0.05, 0.1) is 18.1 Å². The third-order valence-corrected chi connectivity index (χ3v) is 2.04. The van der Waals surface area contributed by atoms with Gasteiger partial charge in [0.25, 0.3) is 0 Å². The van der Waals surface area contributed by atoms with Crippen molar-refractivity contribution in [3.63, 3.8) is 0 Å². The van der Waals surface area contributed by atoms with Crippen LogP contribution in [0.3, 0.4) is 0 Å². The van der Waals surface area contributed by atoms with Crippen LogP contribution in [-0.4, -0.2) is 9.78 Å². The molecular weight excluding hydrogens is 190 g/mol. The van der Waals surface area contributed by atoms with Crippen molar-refractivity contribution in [3.05, 3.63) is 42.2 Å². The van der Waals surface area contributed by atoms with E-state index < -0.39 is 0 Å². The summed E-state index contributed by atoms with van der Waals surface area (Å²) in [6.07, 6.45) is 3.33. The van der Waals surface area contributed by atoms with Gasteiger partial charge in [-0.05, 0) is 19.1 Å². The highest BCUT2D eigenvalue weighted by atomic mass is 16.5. The van der Waals surface area contributed by atoms with E-state index in [0.717, 1.165) is 5.75 Å². The smallest absolute Gasteiger partial charge is 0.180 e. The molecule has 4 heteroatoms. The van der Waals surface area contributed by atoms with Gasteiger partial charge in [-0.1, -0.05) is 17.7 Å². The van der Waals surface area contributed by atoms with Crippen molar-refractivity contribution in [2.45, 2.75) is 13.7 Å². The van der Waals surface area contributed by atoms with Crippen LogP contribution in [0.4, 0.5) is 5.69 Å². The normalized spacial score (nSPS) is 10.2. The summed E-state index contributed by atoms with van der Waals surface area (Å²) in [5.41, 5.74) is 7.38. The maximum absolute atomic E-state index is 5.53. The van der Waals surface area contributed by atoms with Gasteiger partial charge in [0, 0.05) is 0 Å². The highest BCUT2D eigenvalue weighted by molar-refractivity contribution is 5.30. The van der Waals surface area contributed by atoms with Gasteiger partial charge < -0.3 is 10.5 Å². The molecule has 1 heterocycles. The Balaban J connectivity index is 1.96. The minimum Gasteiger partial charge on any atom is -0.471 e. The lowest BCUT2D eigenvalue weighted by Crippen LogP contribution is -2.05. The first-order valence-corrected chi connectivity index (χ1v) is 4.71. The number of hydrogen-bond acceptors (Lipinski definition) is 3. The number of rotatable bonds is 3. The lowest BCUT2D eigenvalue weighted by molar-refractivity contribution is 0.221. The van der Waals surface area contributed by atoms with Crippen LogP contribution >= 0.6 is 0 Å². The van der Waals surface area contributed by atoms with E-state index in [1.54, 1.807) is 17.1 Å². The van der Waals surface area contributed by atoms with Crippen molar-refractivity contribution in [1.82, 2.24) is 9.78 Å². The molecule has 1 aromatic heterocycles. The molecule has 0 aliphatic rings. The van der Waals surface area contributed by atoms with Gasteiger partial charge >= 0.3 is 0 Å². The molecule has 4 nitrogen and oxygen atoms in total. The van der Waals surface area contributed by atoms with E-state index in [4.69, 9.17) is 10.5 Å². The summed E-state index contributed by atoms with van der Waals surface area (Å²) in [5.74, 6) is 0.828. The third-order valence-electron chi connectivity index (χ3n) is 2.04. The quantitative estimate of drug-likeness (QED) is 0.827. The first-order valence-electron chi connectivity index (χ1n) is 4.71. The van der Waals surface area contributed by atoms with Gasteiger partial charge in [-0.15, -0.1) is 0 Å². The molecule has 0 amide bonds. The molecule has 0 unspecified atom stereocenters. The molecule has 0 saturated heterocycles. The number of hydrogen-bond donors (Lipinski definition) is 1. The lowest BCUT2D eigenvalue weighted by atomic mass is 10.2. The molecule has 0 fully saturated rings. The van der Waals surface area contributed by atoms with E-state index in [1.165, 1.54) is 5.56 Å². The van der Waals surface area contributed by atoms with Crippen LogP contribution in [-0.2, 0) is 6.73 Å². The number of nitrogen functional groups attached to an aromatic ring is 1. The second-order valence-corrected chi connectivity index (χ2v) is 3.40. The first-order chi connectivity index (χ1) is 7.24. The molecule has 0 spiro atoms. The zero-order valence-electron chi connectivity index (χ0n) is 8.55. The molecule has 2 N–H and O–H groups in total. The Morgan fingerprint density at radius 2 is 2.07 bits per heavy atom. The predicted octanol–water partition coefficient (Wildman–Crippen LogP) is 1.81. The van der Waals surface area contributed by atoms with Gasteiger partial charge in [-0.2, -0.15) is 5.10 Å². The van der Waals surface area contributed by atoms with Crippen molar-refractivity contribution in [2.24, 2.45) is 0 Å². The Morgan fingerprint density at radius 3 is 2.67 bits per heavy atom. The highest BCUT2D eigenvalue weighted by Gasteiger charge is 1.95. The van der Waals surface area contributed by atoms with Crippen LogP contribution < -0.4 is 10.5 Å². The molecule has 0 bridgehead atoms.